The van der Waals surface area contributed by atoms with E-state index in [9.17, 15) is 9.59 Å². The van der Waals surface area contributed by atoms with Crippen molar-refractivity contribution in [1.29, 1.82) is 0 Å². The molecule has 0 radical (unpaired) electrons. The summed E-state index contributed by atoms with van der Waals surface area (Å²) in [7, 11) is 1.33. The van der Waals surface area contributed by atoms with E-state index in [1.807, 2.05) is 0 Å². The summed E-state index contributed by atoms with van der Waals surface area (Å²) >= 11 is 0. The van der Waals surface area contributed by atoms with E-state index in [4.69, 9.17) is 0 Å². The summed E-state index contributed by atoms with van der Waals surface area (Å²) in [5.41, 5.74) is 0.785. The summed E-state index contributed by atoms with van der Waals surface area (Å²) in [6.07, 6.45) is 3.17. The van der Waals surface area contributed by atoms with Crippen molar-refractivity contribution in [2.45, 2.75) is 25.2 Å². The monoisotopic (exact) mass is 219 g/mol. The lowest BCUT2D eigenvalue weighted by atomic mass is 9.97. The van der Waals surface area contributed by atoms with Crippen LogP contribution >= 0.6 is 0 Å². The Morgan fingerprint density at radius 3 is 2.44 bits per heavy atom. The molecule has 0 aromatic carbocycles. The first-order valence-corrected chi connectivity index (χ1v) is 5.16. The highest BCUT2D eigenvalue weighted by Gasteiger charge is 2.49. The number of carbonyl (C=O) groups is 2. The smallest absolute Gasteiger partial charge is 0.339 e. The fourth-order valence-corrected chi connectivity index (χ4v) is 1.83. The number of hydrogen-bond donors (Lipinski definition) is 0. The van der Waals surface area contributed by atoms with Crippen molar-refractivity contribution in [1.82, 2.24) is 4.98 Å². The fraction of sp³-hybridized carbons (Fsp3) is 0.417. The molecule has 0 N–H and O–H groups in total. The number of hydrogen-bond acceptors (Lipinski definition) is 4. The van der Waals surface area contributed by atoms with Crippen LogP contribution in [0.2, 0.25) is 0 Å². The molecule has 0 aliphatic heterocycles. The maximum atomic E-state index is 11.5. The maximum Gasteiger partial charge on any atom is 0.339 e. The number of esters is 1. The second-order valence-electron chi connectivity index (χ2n) is 4.06. The molecule has 0 spiro atoms. The molecular weight excluding hydrogens is 206 g/mol. The summed E-state index contributed by atoms with van der Waals surface area (Å²) in [6.45, 7) is 1.59. The summed E-state index contributed by atoms with van der Waals surface area (Å²) in [6, 6.07) is 3.39. The van der Waals surface area contributed by atoms with Crippen molar-refractivity contribution >= 4 is 11.8 Å². The zero-order valence-corrected chi connectivity index (χ0v) is 9.32. The lowest BCUT2D eigenvalue weighted by Crippen LogP contribution is -2.18. The zero-order chi connectivity index (χ0) is 11.8. The summed E-state index contributed by atoms with van der Waals surface area (Å²) < 4.78 is 4.58. The maximum absolute atomic E-state index is 11.5. The first-order chi connectivity index (χ1) is 7.60. The van der Waals surface area contributed by atoms with Gasteiger partial charge in [-0.25, -0.2) is 4.79 Å². The van der Waals surface area contributed by atoms with Crippen LogP contribution in [-0.2, 0) is 14.9 Å². The second kappa shape index (κ2) is 3.70. The topological polar surface area (TPSA) is 56.3 Å². The van der Waals surface area contributed by atoms with Crippen LogP contribution < -0.4 is 0 Å². The minimum Gasteiger partial charge on any atom is -0.465 e. The predicted octanol–water partition coefficient (Wildman–Crippen LogP) is 1.49. The van der Waals surface area contributed by atoms with Gasteiger partial charge < -0.3 is 4.74 Å². The van der Waals surface area contributed by atoms with Crippen LogP contribution in [-0.4, -0.2) is 23.8 Å². The van der Waals surface area contributed by atoms with Gasteiger partial charge >= 0.3 is 5.97 Å². The molecule has 4 heteroatoms. The highest BCUT2D eigenvalue weighted by atomic mass is 16.5. The van der Waals surface area contributed by atoms with Gasteiger partial charge in [0.1, 0.15) is 5.78 Å². The van der Waals surface area contributed by atoms with Gasteiger partial charge in [0.25, 0.3) is 0 Å². The van der Waals surface area contributed by atoms with E-state index in [0.717, 1.165) is 18.5 Å². The molecule has 0 saturated heterocycles. The molecule has 1 aliphatic rings. The second-order valence-corrected chi connectivity index (χ2v) is 4.06. The highest BCUT2D eigenvalue weighted by Crippen LogP contribution is 2.47. The van der Waals surface area contributed by atoms with E-state index in [2.05, 4.69) is 9.72 Å². The van der Waals surface area contributed by atoms with Crippen molar-refractivity contribution in [3.8, 4) is 0 Å². The summed E-state index contributed by atoms with van der Waals surface area (Å²) in [5.74, 6) is -0.266. The average molecular weight is 219 g/mol. The third-order valence-electron chi connectivity index (χ3n) is 3.10. The van der Waals surface area contributed by atoms with Crippen LogP contribution in [0, 0.1) is 0 Å². The molecular formula is C12H13NO3. The van der Waals surface area contributed by atoms with Crippen molar-refractivity contribution in [2.75, 3.05) is 7.11 Å². The number of ketones is 1. The Hall–Kier alpha value is -1.71. The van der Waals surface area contributed by atoms with E-state index in [0.29, 0.717) is 5.56 Å². The Morgan fingerprint density at radius 1 is 1.38 bits per heavy atom. The third kappa shape index (κ3) is 1.60. The number of pyridine rings is 1. The van der Waals surface area contributed by atoms with Crippen molar-refractivity contribution in [2.24, 2.45) is 0 Å². The third-order valence-corrected chi connectivity index (χ3v) is 3.10. The Kier molecular flexibility index (Phi) is 2.50. The number of ether oxygens (including phenoxy) is 1. The van der Waals surface area contributed by atoms with Crippen LogP contribution in [0.25, 0.3) is 0 Å². The van der Waals surface area contributed by atoms with Crippen LogP contribution in [0.5, 0.6) is 0 Å². The molecule has 0 amide bonds. The molecule has 1 heterocycles. The van der Waals surface area contributed by atoms with Gasteiger partial charge in [0.05, 0.1) is 23.8 Å². The predicted molar refractivity (Wildman–Crippen MR) is 57.2 cm³/mol. The lowest BCUT2D eigenvalue weighted by molar-refractivity contribution is -0.119. The number of nitrogens with zero attached hydrogens (tertiary/aromatic N) is 1. The van der Waals surface area contributed by atoms with Crippen LogP contribution in [0.1, 0.15) is 35.8 Å². The van der Waals surface area contributed by atoms with Crippen molar-refractivity contribution in [3.05, 3.63) is 29.6 Å². The van der Waals surface area contributed by atoms with Crippen LogP contribution in [0.15, 0.2) is 18.3 Å². The molecule has 0 bridgehead atoms. The Balaban J connectivity index is 2.27. The molecule has 1 saturated carbocycles. The molecule has 84 valence electrons. The molecule has 1 aromatic heterocycles. The van der Waals surface area contributed by atoms with E-state index < -0.39 is 5.97 Å². The van der Waals surface area contributed by atoms with Gasteiger partial charge in [-0.1, -0.05) is 0 Å². The minimum atomic E-state index is -0.410. The van der Waals surface area contributed by atoms with Gasteiger partial charge in [-0.2, -0.15) is 0 Å². The number of methoxy groups -OCH3 is 1. The normalized spacial score (nSPS) is 16.6. The quantitative estimate of drug-likeness (QED) is 0.723. The van der Waals surface area contributed by atoms with Gasteiger partial charge in [0.2, 0.25) is 0 Å². The van der Waals surface area contributed by atoms with E-state index in [-0.39, 0.29) is 11.2 Å². The number of rotatable bonds is 3. The molecule has 2 rings (SSSR count). The molecule has 1 aromatic rings. The molecule has 16 heavy (non-hydrogen) atoms. The Morgan fingerprint density at radius 2 is 2.06 bits per heavy atom. The van der Waals surface area contributed by atoms with Gasteiger partial charge in [0.15, 0.2) is 0 Å². The van der Waals surface area contributed by atoms with E-state index in [1.54, 1.807) is 19.1 Å². The standard InChI is InChI=1S/C12H13NO3/c1-8(14)12(5-6-12)10-4-3-9(7-13-10)11(15)16-2/h3-4,7H,5-6H2,1-2H3. The molecule has 1 aliphatic carbocycles. The fourth-order valence-electron chi connectivity index (χ4n) is 1.83. The van der Waals surface area contributed by atoms with Crippen molar-refractivity contribution in [3.63, 3.8) is 0 Å². The number of aromatic nitrogens is 1. The van der Waals surface area contributed by atoms with Gasteiger partial charge in [-0.3, -0.25) is 9.78 Å². The minimum absolute atomic E-state index is 0.144. The van der Waals surface area contributed by atoms with Gasteiger partial charge in [-0.15, -0.1) is 0 Å². The van der Waals surface area contributed by atoms with Gasteiger partial charge in [-0.05, 0) is 31.9 Å². The SMILES string of the molecule is COC(=O)c1ccc(C2(C(C)=O)CC2)nc1. The van der Waals surface area contributed by atoms with Crippen LogP contribution in [0.3, 0.4) is 0 Å². The Bertz CT molecular complexity index is 432. The summed E-state index contributed by atoms with van der Waals surface area (Å²) in [4.78, 5) is 26.8. The Labute approximate surface area is 93.6 Å². The molecule has 1 fully saturated rings. The van der Waals surface area contributed by atoms with E-state index >= 15 is 0 Å². The summed E-state index contributed by atoms with van der Waals surface area (Å²) in [5, 5.41) is 0. The lowest BCUT2D eigenvalue weighted by Gasteiger charge is -2.10. The van der Waals surface area contributed by atoms with E-state index in [1.165, 1.54) is 13.3 Å². The first-order valence-electron chi connectivity index (χ1n) is 5.16. The zero-order valence-electron chi connectivity index (χ0n) is 9.32. The van der Waals surface area contributed by atoms with Crippen LogP contribution in [0.4, 0.5) is 0 Å². The average Bonchev–Trinajstić information content (AvgIpc) is 3.09. The largest absolute Gasteiger partial charge is 0.465 e. The highest BCUT2D eigenvalue weighted by molar-refractivity contribution is 5.91. The van der Waals surface area contributed by atoms with Crippen molar-refractivity contribution < 1.29 is 14.3 Å². The van der Waals surface area contributed by atoms with Gasteiger partial charge in [0, 0.05) is 6.20 Å². The first kappa shape index (κ1) is 10.8. The molecule has 4 nitrogen and oxygen atoms in total. The number of Topliss-reactive ketones (excluding diaryl/α,β-unsaturated/α-hetero) is 1. The molecule has 0 atom stereocenters. The number of carbonyl (C=O) groups excluding carboxylic acids is 2. The molecule has 0 unspecified atom stereocenters.